The molecule has 1 heterocycles. The Morgan fingerprint density at radius 3 is 2.62 bits per heavy atom. The lowest BCUT2D eigenvalue weighted by atomic mass is 10.1. The van der Waals surface area contributed by atoms with Crippen LogP contribution in [0.15, 0.2) is 17.1 Å². The minimum Gasteiger partial charge on any atom is -0.477 e. The van der Waals surface area contributed by atoms with Gasteiger partial charge in [-0.2, -0.15) is 0 Å². The molecule has 1 aliphatic rings. The van der Waals surface area contributed by atoms with E-state index >= 15 is 0 Å². The zero-order valence-corrected chi connectivity index (χ0v) is 9.27. The van der Waals surface area contributed by atoms with Gasteiger partial charge in [-0.1, -0.05) is 12.8 Å². The molecule has 4 heteroatoms. The van der Waals surface area contributed by atoms with E-state index in [2.05, 4.69) is 0 Å². The minimum absolute atomic E-state index is 0.0885. The van der Waals surface area contributed by atoms with Crippen LogP contribution in [0.25, 0.3) is 0 Å². The number of aromatic nitrogens is 1. The summed E-state index contributed by atoms with van der Waals surface area (Å²) in [7, 11) is 0. The molecule has 0 aliphatic heterocycles. The third-order valence-corrected chi connectivity index (χ3v) is 3.26. The number of nitrogens with zero attached hydrogens (tertiary/aromatic N) is 1. The van der Waals surface area contributed by atoms with Gasteiger partial charge in [-0.05, 0) is 31.4 Å². The lowest BCUT2D eigenvalue weighted by Crippen LogP contribution is -2.29. The highest BCUT2D eigenvalue weighted by molar-refractivity contribution is 5.88. The summed E-state index contributed by atoms with van der Waals surface area (Å²) in [6.07, 6.45) is 5.91. The van der Waals surface area contributed by atoms with Crippen molar-refractivity contribution in [3.8, 4) is 0 Å². The molecule has 0 aromatic carbocycles. The van der Waals surface area contributed by atoms with Gasteiger partial charge in [0.1, 0.15) is 5.56 Å². The van der Waals surface area contributed by atoms with Gasteiger partial charge < -0.3 is 9.67 Å². The van der Waals surface area contributed by atoms with Crippen LogP contribution in [0, 0.1) is 6.92 Å². The SMILES string of the molecule is Cc1ccn(C2CCCC2)c(=O)c1C(=O)O. The third-order valence-electron chi connectivity index (χ3n) is 3.26. The Hall–Kier alpha value is -1.58. The average Bonchev–Trinajstić information content (AvgIpc) is 2.70. The number of rotatable bonds is 2. The number of pyridine rings is 1. The molecule has 0 radical (unpaired) electrons. The molecule has 1 fully saturated rings. The number of hydrogen-bond acceptors (Lipinski definition) is 2. The van der Waals surface area contributed by atoms with Gasteiger partial charge in [-0.15, -0.1) is 0 Å². The summed E-state index contributed by atoms with van der Waals surface area (Å²) in [5, 5.41) is 9.00. The van der Waals surface area contributed by atoms with Crippen molar-refractivity contribution >= 4 is 5.97 Å². The minimum atomic E-state index is -1.13. The number of carboxylic acid groups (broad SMARTS) is 1. The van der Waals surface area contributed by atoms with Crippen LogP contribution in [0.4, 0.5) is 0 Å². The van der Waals surface area contributed by atoms with E-state index in [9.17, 15) is 9.59 Å². The topological polar surface area (TPSA) is 59.3 Å². The molecule has 86 valence electrons. The molecule has 0 atom stereocenters. The fourth-order valence-corrected chi connectivity index (χ4v) is 2.37. The van der Waals surface area contributed by atoms with Gasteiger partial charge >= 0.3 is 5.97 Å². The molecule has 4 nitrogen and oxygen atoms in total. The fraction of sp³-hybridized carbons (Fsp3) is 0.500. The van der Waals surface area contributed by atoms with Gasteiger partial charge in [0.15, 0.2) is 0 Å². The predicted octanol–water partition coefficient (Wildman–Crippen LogP) is 1.97. The van der Waals surface area contributed by atoms with Crippen molar-refractivity contribution in [1.29, 1.82) is 0 Å². The Balaban J connectivity index is 2.52. The molecule has 0 bridgehead atoms. The molecule has 1 aromatic rings. The summed E-state index contributed by atoms with van der Waals surface area (Å²) < 4.78 is 1.59. The summed E-state index contributed by atoms with van der Waals surface area (Å²) in [6, 6.07) is 1.90. The van der Waals surface area contributed by atoms with E-state index in [-0.39, 0.29) is 17.2 Å². The van der Waals surface area contributed by atoms with Crippen molar-refractivity contribution in [2.45, 2.75) is 38.6 Å². The molecular formula is C12H15NO3. The second-order valence-corrected chi connectivity index (χ2v) is 4.33. The zero-order chi connectivity index (χ0) is 11.7. The molecule has 0 unspecified atom stereocenters. The second-order valence-electron chi connectivity index (χ2n) is 4.33. The summed E-state index contributed by atoms with van der Waals surface area (Å²) >= 11 is 0. The first kappa shape index (κ1) is 10.9. The number of hydrogen-bond donors (Lipinski definition) is 1. The van der Waals surface area contributed by atoms with Crippen molar-refractivity contribution in [3.05, 3.63) is 33.7 Å². The van der Waals surface area contributed by atoms with E-state index in [4.69, 9.17) is 5.11 Å². The molecule has 1 N–H and O–H groups in total. The van der Waals surface area contributed by atoms with E-state index in [1.807, 2.05) is 0 Å². The van der Waals surface area contributed by atoms with Crippen LogP contribution in [0.3, 0.4) is 0 Å². The summed E-state index contributed by atoms with van der Waals surface area (Å²) in [5.41, 5.74) is 0.0838. The van der Waals surface area contributed by atoms with Gasteiger partial charge in [0.2, 0.25) is 0 Å². The fourth-order valence-electron chi connectivity index (χ4n) is 2.37. The Morgan fingerprint density at radius 2 is 2.06 bits per heavy atom. The van der Waals surface area contributed by atoms with E-state index in [0.29, 0.717) is 5.56 Å². The Morgan fingerprint density at radius 1 is 1.44 bits per heavy atom. The van der Waals surface area contributed by atoms with Gasteiger partial charge in [-0.3, -0.25) is 4.79 Å². The molecular weight excluding hydrogens is 206 g/mol. The molecule has 1 aliphatic carbocycles. The van der Waals surface area contributed by atoms with Crippen LogP contribution in [0.1, 0.15) is 47.6 Å². The number of carbonyl (C=O) groups is 1. The Bertz CT molecular complexity index is 470. The zero-order valence-electron chi connectivity index (χ0n) is 9.27. The number of carboxylic acids is 1. The van der Waals surface area contributed by atoms with Crippen molar-refractivity contribution in [3.63, 3.8) is 0 Å². The van der Waals surface area contributed by atoms with Crippen LogP contribution in [0.5, 0.6) is 0 Å². The second kappa shape index (κ2) is 4.12. The van der Waals surface area contributed by atoms with E-state index < -0.39 is 5.97 Å². The van der Waals surface area contributed by atoms with E-state index in [1.54, 1.807) is 23.8 Å². The molecule has 1 aromatic heterocycles. The highest BCUT2D eigenvalue weighted by Gasteiger charge is 2.21. The first-order valence-electron chi connectivity index (χ1n) is 5.56. The molecule has 0 spiro atoms. The van der Waals surface area contributed by atoms with Crippen molar-refractivity contribution in [2.75, 3.05) is 0 Å². The van der Waals surface area contributed by atoms with Gasteiger partial charge in [0, 0.05) is 12.2 Å². The number of aryl methyl sites for hydroxylation is 1. The molecule has 1 saturated carbocycles. The average molecular weight is 221 g/mol. The van der Waals surface area contributed by atoms with E-state index in [0.717, 1.165) is 25.7 Å². The van der Waals surface area contributed by atoms with Gasteiger partial charge in [-0.25, -0.2) is 4.79 Å². The molecule has 0 amide bonds. The standard InChI is InChI=1S/C12H15NO3/c1-8-6-7-13(9-4-2-3-5-9)11(14)10(8)12(15)16/h6-7,9H,2-5H2,1H3,(H,15,16). The largest absolute Gasteiger partial charge is 0.477 e. The Labute approximate surface area is 93.5 Å². The summed E-state index contributed by atoms with van der Waals surface area (Å²) in [6.45, 7) is 1.66. The monoisotopic (exact) mass is 221 g/mol. The molecule has 16 heavy (non-hydrogen) atoms. The lowest BCUT2D eigenvalue weighted by Gasteiger charge is -2.14. The quantitative estimate of drug-likeness (QED) is 0.830. The van der Waals surface area contributed by atoms with Crippen molar-refractivity contribution in [1.82, 2.24) is 4.57 Å². The van der Waals surface area contributed by atoms with Gasteiger partial charge in [0.05, 0.1) is 0 Å². The smallest absolute Gasteiger partial charge is 0.341 e. The third kappa shape index (κ3) is 1.75. The van der Waals surface area contributed by atoms with Crippen LogP contribution >= 0.6 is 0 Å². The number of aromatic carboxylic acids is 1. The predicted molar refractivity (Wildman–Crippen MR) is 59.9 cm³/mol. The molecule has 0 saturated heterocycles. The summed E-state index contributed by atoms with van der Waals surface area (Å²) in [4.78, 5) is 23.0. The maximum absolute atomic E-state index is 12.0. The van der Waals surface area contributed by atoms with Crippen LogP contribution in [-0.4, -0.2) is 15.6 Å². The van der Waals surface area contributed by atoms with Gasteiger partial charge in [0.25, 0.3) is 5.56 Å². The molecule has 2 rings (SSSR count). The Kier molecular flexibility index (Phi) is 2.81. The lowest BCUT2D eigenvalue weighted by molar-refractivity contribution is 0.0693. The van der Waals surface area contributed by atoms with Crippen LogP contribution < -0.4 is 5.56 Å². The van der Waals surface area contributed by atoms with Crippen molar-refractivity contribution < 1.29 is 9.90 Å². The van der Waals surface area contributed by atoms with Crippen LogP contribution in [-0.2, 0) is 0 Å². The highest BCUT2D eigenvalue weighted by Crippen LogP contribution is 2.28. The van der Waals surface area contributed by atoms with E-state index in [1.165, 1.54) is 0 Å². The first-order chi connectivity index (χ1) is 7.61. The maximum atomic E-state index is 12.0. The first-order valence-corrected chi connectivity index (χ1v) is 5.56. The van der Waals surface area contributed by atoms with Crippen LogP contribution in [0.2, 0.25) is 0 Å². The maximum Gasteiger partial charge on any atom is 0.341 e. The highest BCUT2D eigenvalue weighted by atomic mass is 16.4. The normalized spacial score (nSPS) is 16.6. The summed E-state index contributed by atoms with van der Waals surface area (Å²) in [5.74, 6) is -1.13. The van der Waals surface area contributed by atoms with Crippen molar-refractivity contribution in [2.24, 2.45) is 0 Å².